The highest BCUT2D eigenvalue weighted by Crippen LogP contribution is 2.43. The number of benzene rings is 1. The van der Waals surface area contributed by atoms with Gasteiger partial charge in [0.25, 0.3) is 5.91 Å². The highest BCUT2D eigenvalue weighted by molar-refractivity contribution is 7.89. The van der Waals surface area contributed by atoms with Crippen molar-refractivity contribution in [1.29, 1.82) is 0 Å². The van der Waals surface area contributed by atoms with Gasteiger partial charge in [-0.15, -0.1) is 0 Å². The number of rotatable bonds is 6. The number of carbonyl (C=O) groups excluding carboxylic acids is 2. The molecule has 2 amide bonds. The number of sulfonamides is 1. The van der Waals surface area contributed by atoms with Crippen molar-refractivity contribution in [3.63, 3.8) is 0 Å². The van der Waals surface area contributed by atoms with Gasteiger partial charge in [0, 0.05) is 25.2 Å². The van der Waals surface area contributed by atoms with E-state index in [0.29, 0.717) is 10.8 Å². The predicted molar refractivity (Wildman–Crippen MR) is 101 cm³/mol. The maximum Gasteiger partial charge on any atom is 0.261 e. The van der Waals surface area contributed by atoms with Crippen LogP contribution in [0, 0.1) is 5.92 Å². The monoisotopic (exact) mass is 439 g/mol. The molecule has 1 unspecified atom stereocenters. The topological polar surface area (TPSA) is 109 Å². The average molecular weight is 440 g/mol. The van der Waals surface area contributed by atoms with E-state index in [4.69, 9.17) is 20.9 Å². The third kappa shape index (κ3) is 3.58. The van der Waals surface area contributed by atoms with Crippen molar-refractivity contribution in [2.24, 2.45) is 5.92 Å². The fraction of sp³-hybridized carbons (Fsp3) is 0.333. The molecule has 1 aromatic heterocycles. The minimum atomic E-state index is -3.75. The first-order valence-electron chi connectivity index (χ1n) is 8.83. The predicted octanol–water partition coefficient (Wildman–Crippen LogP) is 1.18. The van der Waals surface area contributed by atoms with E-state index in [-0.39, 0.29) is 23.9 Å². The molecule has 11 heteroatoms. The maximum atomic E-state index is 12.5. The zero-order chi connectivity index (χ0) is 20.8. The first kappa shape index (κ1) is 20.0. The van der Waals surface area contributed by atoms with Crippen LogP contribution in [0.2, 0.25) is 5.02 Å². The molecule has 0 radical (unpaired) electrons. The van der Waals surface area contributed by atoms with Crippen LogP contribution in [0.4, 0.5) is 0 Å². The molecule has 1 N–H and O–H groups in total. The summed E-state index contributed by atoms with van der Waals surface area (Å²) in [6, 6.07) is 8.52. The van der Waals surface area contributed by atoms with Gasteiger partial charge in [-0.05, 0) is 36.4 Å². The molecule has 2 aromatic rings. The number of fused-ring (bicyclic) bond motifs is 1. The Bertz CT molecular complexity index is 1020. The summed E-state index contributed by atoms with van der Waals surface area (Å²) in [5, 5.41) is 1.86. The Labute approximate surface area is 172 Å². The van der Waals surface area contributed by atoms with Crippen molar-refractivity contribution < 1.29 is 27.3 Å². The summed E-state index contributed by atoms with van der Waals surface area (Å²) in [5.41, 5.74) is 0. The second kappa shape index (κ2) is 7.54. The van der Waals surface area contributed by atoms with Gasteiger partial charge in [-0.25, -0.2) is 13.1 Å². The van der Waals surface area contributed by atoms with Crippen molar-refractivity contribution in [2.45, 2.75) is 17.0 Å². The van der Waals surface area contributed by atoms with Crippen LogP contribution in [0.1, 0.15) is 11.8 Å². The van der Waals surface area contributed by atoms with Gasteiger partial charge >= 0.3 is 0 Å². The van der Waals surface area contributed by atoms with Crippen LogP contribution in [-0.2, 0) is 24.4 Å². The lowest BCUT2D eigenvalue weighted by atomic mass is 9.95. The van der Waals surface area contributed by atoms with E-state index in [1.807, 2.05) is 0 Å². The normalized spacial score (nSPS) is 25.0. The summed E-state index contributed by atoms with van der Waals surface area (Å²) < 4.78 is 32.8. The summed E-state index contributed by atoms with van der Waals surface area (Å²) in [6.45, 7) is 0.106. The highest BCUT2D eigenvalue weighted by atomic mass is 35.5. The molecule has 154 valence electrons. The maximum absolute atomic E-state index is 12.5. The molecular weight excluding hydrogens is 422 g/mol. The Morgan fingerprint density at radius 1 is 1.14 bits per heavy atom. The number of furan rings is 1. The van der Waals surface area contributed by atoms with Crippen molar-refractivity contribution in [3.05, 3.63) is 53.4 Å². The first-order valence-corrected chi connectivity index (χ1v) is 10.7. The van der Waals surface area contributed by atoms with Gasteiger partial charge in [-0.3, -0.25) is 19.3 Å². The van der Waals surface area contributed by atoms with Gasteiger partial charge in [-0.1, -0.05) is 11.6 Å². The Kier molecular flexibility index (Phi) is 5.21. The fourth-order valence-electron chi connectivity index (χ4n) is 3.57. The number of nitrogens with zero attached hydrogens (tertiary/aromatic N) is 2. The van der Waals surface area contributed by atoms with Crippen LogP contribution in [-0.4, -0.2) is 56.4 Å². The third-order valence-corrected chi connectivity index (χ3v) is 6.73. The van der Waals surface area contributed by atoms with E-state index in [9.17, 15) is 18.0 Å². The summed E-state index contributed by atoms with van der Waals surface area (Å²) in [5.74, 6) is -1.06. The number of likely N-dealkylation sites (tertiary alicyclic amines) is 1. The molecule has 2 aliphatic heterocycles. The zero-order valence-corrected chi connectivity index (χ0v) is 16.9. The fourth-order valence-corrected chi connectivity index (χ4v) is 4.71. The molecule has 3 atom stereocenters. The molecular formula is C18H18ClN3O6S. The number of amides is 2. The van der Waals surface area contributed by atoms with Crippen LogP contribution in [0.5, 0.6) is 0 Å². The van der Waals surface area contributed by atoms with Crippen molar-refractivity contribution in [3.8, 4) is 0 Å². The Balaban J connectivity index is 1.49. The van der Waals surface area contributed by atoms with Crippen LogP contribution in [0.15, 0.2) is 52.0 Å². The minimum Gasteiger partial charge on any atom is -0.468 e. The van der Waals surface area contributed by atoms with Gasteiger partial charge in [0.2, 0.25) is 15.9 Å². The molecule has 2 fully saturated rings. The molecule has 2 aliphatic rings. The first-order chi connectivity index (χ1) is 13.8. The third-order valence-electron chi connectivity index (χ3n) is 5.00. The van der Waals surface area contributed by atoms with Crippen molar-refractivity contribution in [2.75, 3.05) is 20.1 Å². The van der Waals surface area contributed by atoms with E-state index in [1.54, 1.807) is 12.1 Å². The lowest BCUT2D eigenvalue weighted by molar-refractivity contribution is -0.179. The summed E-state index contributed by atoms with van der Waals surface area (Å²) in [6.07, 6.45) is 0.519. The van der Waals surface area contributed by atoms with Crippen molar-refractivity contribution >= 4 is 33.4 Å². The number of imide groups is 1. The van der Waals surface area contributed by atoms with Crippen molar-refractivity contribution in [1.82, 2.24) is 14.7 Å². The van der Waals surface area contributed by atoms with Crippen LogP contribution in [0.3, 0.4) is 0 Å². The van der Waals surface area contributed by atoms with Gasteiger partial charge in [0.05, 0.1) is 11.2 Å². The van der Waals surface area contributed by atoms with E-state index < -0.39 is 34.0 Å². The van der Waals surface area contributed by atoms with Gasteiger partial charge in [0.15, 0.2) is 6.10 Å². The van der Waals surface area contributed by atoms with Crippen LogP contribution < -0.4 is 4.72 Å². The molecule has 0 aliphatic carbocycles. The number of carbonyl (C=O) groups is 2. The number of hydroxylamine groups is 2. The zero-order valence-electron chi connectivity index (χ0n) is 15.3. The number of likely N-dealkylation sites (N-methyl/N-ethyl adjacent to an activating group) is 1. The van der Waals surface area contributed by atoms with E-state index in [2.05, 4.69) is 4.72 Å². The largest absolute Gasteiger partial charge is 0.468 e. The van der Waals surface area contributed by atoms with E-state index >= 15 is 0 Å². The standard InChI is InChI=1S/C18H18ClN3O6S/c1-21-17(23)14-15(13-3-2-10-27-13)22(28-16(14)18(21)24)9-8-20-29(25,26)12-6-4-11(19)5-7-12/h2-7,10,14-16,20H,8-9H2,1H3/t14-,15?,16+/m0/s1. The molecule has 1 aromatic carbocycles. The molecule has 0 saturated carbocycles. The summed E-state index contributed by atoms with van der Waals surface area (Å²) in [7, 11) is -2.33. The van der Waals surface area contributed by atoms with Gasteiger partial charge in [0.1, 0.15) is 17.7 Å². The molecule has 9 nitrogen and oxygen atoms in total. The number of hydrogen-bond donors (Lipinski definition) is 1. The molecule has 3 heterocycles. The lowest BCUT2D eigenvalue weighted by Crippen LogP contribution is -2.38. The second-order valence-electron chi connectivity index (χ2n) is 6.74. The second-order valence-corrected chi connectivity index (χ2v) is 8.94. The van der Waals surface area contributed by atoms with E-state index in [0.717, 1.165) is 4.90 Å². The molecule has 2 saturated heterocycles. The SMILES string of the molecule is CN1C(=O)[C@@H]2ON(CCNS(=O)(=O)c3ccc(Cl)cc3)C(c3ccco3)[C@@H]2C1=O. The quantitative estimate of drug-likeness (QED) is 0.673. The summed E-state index contributed by atoms with van der Waals surface area (Å²) >= 11 is 5.79. The molecule has 4 rings (SSSR count). The van der Waals surface area contributed by atoms with E-state index in [1.165, 1.54) is 42.6 Å². The number of hydrogen-bond acceptors (Lipinski definition) is 7. The molecule has 0 spiro atoms. The van der Waals surface area contributed by atoms with Crippen LogP contribution >= 0.6 is 11.6 Å². The smallest absolute Gasteiger partial charge is 0.261 e. The molecule has 0 bridgehead atoms. The van der Waals surface area contributed by atoms with Gasteiger partial charge < -0.3 is 4.42 Å². The van der Waals surface area contributed by atoms with Crippen LogP contribution in [0.25, 0.3) is 0 Å². The van der Waals surface area contributed by atoms with Gasteiger partial charge in [-0.2, -0.15) is 5.06 Å². The Hall–Kier alpha value is -2.24. The average Bonchev–Trinajstić information content (AvgIpc) is 3.37. The number of nitrogens with one attached hydrogen (secondary N) is 1. The summed E-state index contributed by atoms with van der Waals surface area (Å²) in [4.78, 5) is 31.7. The highest BCUT2D eigenvalue weighted by Gasteiger charge is 2.59. The minimum absolute atomic E-state index is 0.000170. The molecule has 29 heavy (non-hydrogen) atoms. The lowest BCUT2D eigenvalue weighted by Gasteiger charge is -2.24. The Morgan fingerprint density at radius 3 is 2.52 bits per heavy atom. The number of halogens is 1. The Morgan fingerprint density at radius 2 is 1.86 bits per heavy atom.